The highest BCUT2D eigenvalue weighted by Crippen LogP contribution is 2.13. The summed E-state index contributed by atoms with van der Waals surface area (Å²) in [6, 6.07) is 11.1. The van der Waals surface area contributed by atoms with Crippen molar-refractivity contribution in [2.24, 2.45) is 0 Å². The molecule has 0 saturated carbocycles. The molecule has 2 rings (SSSR count). The second-order valence-corrected chi connectivity index (χ2v) is 4.61. The van der Waals surface area contributed by atoms with Crippen molar-refractivity contribution in [2.45, 2.75) is 19.6 Å². The first-order valence-corrected chi connectivity index (χ1v) is 6.25. The maximum absolute atomic E-state index is 9.94. The van der Waals surface area contributed by atoms with E-state index in [0.717, 1.165) is 5.56 Å². The lowest BCUT2D eigenvalue weighted by Gasteiger charge is -2.10. The van der Waals surface area contributed by atoms with E-state index >= 15 is 0 Å². The van der Waals surface area contributed by atoms with Crippen LogP contribution in [-0.4, -0.2) is 17.8 Å². The van der Waals surface area contributed by atoms with Crippen LogP contribution in [0.4, 0.5) is 5.69 Å². The Morgan fingerprint density at radius 1 is 1.19 bits per heavy atom. The number of hydrogen-bond donors (Lipinski definition) is 2. The zero-order valence-electron chi connectivity index (χ0n) is 11.7. The maximum atomic E-state index is 9.94. The Morgan fingerprint density at radius 2 is 1.86 bits per heavy atom. The van der Waals surface area contributed by atoms with Gasteiger partial charge in [0, 0.05) is 17.3 Å². The first-order chi connectivity index (χ1) is 9.13. The Balaban J connectivity index is 0.00000200. The highest BCUT2D eigenvalue weighted by molar-refractivity contribution is 5.41. The average Bonchev–Trinajstić information content (AvgIpc) is 2.38. The number of nitrogens with zero attached hydrogens (tertiary/aromatic N) is 1. The first-order valence-electron chi connectivity index (χ1n) is 6.25. The minimum Gasteiger partial charge on any atom is -1.00 e. The van der Waals surface area contributed by atoms with Gasteiger partial charge in [0.1, 0.15) is 18.5 Å². The van der Waals surface area contributed by atoms with Gasteiger partial charge in [-0.3, -0.25) is 0 Å². The molecule has 4 nitrogen and oxygen atoms in total. The second-order valence-electron chi connectivity index (χ2n) is 4.61. The molecule has 0 saturated heterocycles. The van der Waals surface area contributed by atoms with Crippen molar-refractivity contribution in [1.82, 2.24) is 0 Å². The number of pyridine rings is 1. The quantitative estimate of drug-likeness (QED) is 0.379. The molecule has 0 fully saturated rings. The molecule has 0 radical (unpaired) electrons. The molecule has 1 atom stereocenters. The molecule has 0 spiro atoms. The highest BCUT2D eigenvalue weighted by atomic mass is 79.9. The summed E-state index contributed by atoms with van der Waals surface area (Å²) in [5, 5.41) is 9.94. The number of ether oxygens (including phenoxy) is 1. The van der Waals surface area contributed by atoms with Crippen LogP contribution in [0, 0.1) is 6.92 Å². The lowest BCUT2D eigenvalue weighted by molar-refractivity contribution is -0.704. The maximum Gasteiger partial charge on any atom is 0.177 e. The largest absolute Gasteiger partial charge is 1.00 e. The number of halogens is 2. The average molecular weight is 419 g/mol. The van der Waals surface area contributed by atoms with Crippen LogP contribution in [0.2, 0.25) is 0 Å². The van der Waals surface area contributed by atoms with E-state index in [1.165, 1.54) is 0 Å². The van der Waals surface area contributed by atoms with Crippen molar-refractivity contribution >= 4 is 5.69 Å². The van der Waals surface area contributed by atoms with E-state index in [-0.39, 0.29) is 40.6 Å². The molecular weight excluding hydrogens is 400 g/mol. The Labute approximate surface area is 146 Å². The molecule has 0 amide bonds. The normalized spacial score (nSPS) is 11.0. The van der Waals surface area contributed by atoms with Crippen LogP contribution in [0.15, 0.2) is 48.8 Å². The summed E-state index contributed by atoms with van der Waals surface area (Å²) in [7, 11) is 0. The van der Waals surface area contributed by atoms with Gasteiger partial charge in [-0.1, -0.05) is 0 Å². The molecule has 21 heavy (non-hydrogen) atoms. The van der Waals surface area contributed by atoms with Gasteiger partial charge in [-0.25, -0.2) is 4.57 Å². The highest BCUT2D eigenvalue weighted by Gasteiger charge is 2.11. The van der Waals surface area contributed by atoms with Crippen molar-refractivity contribution in [3.8, 4) is 5.75 Å². The van der Waals surface area contributed by atoms with E-state index in [0.29, 0.717) is 18.0 Å². The van der Waals surface area contributed by atoms with Gasteiger partial charge in [-0.2, -0.15) is 0 Å². The predicted molar refractivity (Wildman–Crippen MR) is 73.7 cm³/mol. The van der Waals surface area contributed by atoms with Gasteiger partial charge < -0.3 is 49.5 Å². The Kier molecular flexibility index (Phi) is 9.24. The van der Waals surface area contributed by atoms with Gasteiger partial charge in [0.25, 0.3) is 0 Å². The topological polar surface area (TPSA) is 59.4 Å². The van der Waals surface area contributed by atoms with Crippen molar-refractivity contribution < 1.29 is 48.4 Å². The number of benzene rings is 1. The smallest absolute Gasteiger partial charge is 0.177 e. The molecule has 0 aliphatic heterocycles. The first kappa shape index (κ1) is 19.9. The monoisotopic (exact) mass is 417 g/mol. The number of nitrogens with two attached hydrogens (primary N) is 1. The van der Waals surface area contributed by atoms with Crippen LogP contribution >= 0.6 is 0 Å². The summed E-state index contributed by atoms with van der Waals surface area (Å²) in [6.07, 6.45) is 3.37. The molecular formula is C15H19Br2N2O2-. The van der Waals surface area contributed by atoms with E-state index in [1.807, 2.05) is 36.0 Å². The molecule has 0 bridgehead atoms. The summed E-state index contributed by atoms with van der Waals surface area (Å²) in [4.78, 5) is 0. The number of aromatic nitrogens is 1. The number of hydrogen-bond acceptors (Lipinski definition) is 3. The summed E-state index contributed by atoms with van der Waals surface area (Å²) in [5.74, 6) is 0.711. The van der Waals surface area contributed by atoms with E-state index in [1.54, 1.807) is 24.3 Å². The molecule has 1 unspecified atom stereocenters. The molecule has 3 N–H and O–H groups in total. The lowest BCUT2D eigenvalue weighted by atomic mass is 10.3. The summed E-state index contributed by atoms with van der Waals surface area (Å²) < 4.78 is 7.46. The minimum absolute atomic E-state index is 0. The van der Waals surface area contributed by atoms with E-state index in [9.17, 15) is 5.11 Å². The standard InChI is InChI=1S/C15H19N2O2.2BrH/c1-12-3-2-8-17(9-12)10-14(18)11-19-15-6-4-13(16)5-7-15;;/h2-9,14,18H,10-11,16H2,1H3;2*1H/q+1;;/p-2. The summed E-state index contributed by atoms with van der Waals surface area (Å²) in [5.41, 5.74) is 7.45. The van der Waals surface area contributed by atoms with Gasteiger partial charge in [0.2, 0.25) is 0 Å². The van der Waals surface area contributed by atoms with Gasteiger partial charge in [0.15, 0.2) is 18.9 Å². The number of aryl methyl sites for hydroxylation is 1. The van der Waals surface area contributed by atoms with Crippen LogP contribution < -0.4 is 49.0 Å². The zero-order chi connectivity index (χ0) is 13.7. The van der Waals surface area contributed by atoms with Gasteiger partial charge in [0.05, 0.1) is 0 Å². The number of aliphatic hydroxyl groups excluding tert-OH is 1. The van der Waals surface area contributed by atoms with E-state index < -0.39 is 6.10 Å². The number of anilines is 1. The third-order valence-electron chi connectivity index (χ3n) is 2.75. The van der Waals surface area contributed by atoms with E-state index in [4.69, 9.17) is 10.5 Å². The van der Waals surface area contributed by atoms with Gasteiger partial charge in [-0.15, -0.1) is 0 Å². The second kappa shape index (κ2) is 9.76. The van der Waals surface area contributed by atoms with Crippen molar-refractivity contribution in [3.05, 3.63) is 54.4 Å². The Bertz CT molecular complexity index is 535. The number of nitrogen functional groups attached to an aromatic ring is 1. The van der Waals surface area contributed by atoms with Crippen molar-refractivity contribution in [1.29, 1.82) is 0 Å². The zero-order valence-corrected chi connectivity index (χ0v) is 14.9. The lowest BCUT2D eigenvalue weighted by Crippen LogP contribution is -3.00. The molecule has 116 valence electrons. The Hall–Kier alpha value is -1.11. The summed E-state index contributed by atoms with van der Waals surface area (Å²) in [6.45, 7) is 2.79. The predicted octanol–water partition coefficient (Wildman–Crippen LogP) is -4.69. The Morgan fingerprint density at radius 3 is 2.48 bits per heavy atom. The summed E-state index contributed by atoms with van der Waals surface area (Å²) >= 11 is 0. The van der Waals surface area contributed by atoms with Crippen molar-refractivity contribution in [3.63, 3.8) is 0 Å². The molecule has 1 aromatic heterocycles. The fourth-order valence-corrected chi connectivity index (χ4v) is 1.82. The van der Waals surface area contributed by atoms with Crippen LogP contribution in [0.25, 0.3) is 0 Å². The SMILES string of the molecule is Cc1ccc[n+](CC(O)COc2ccc(N)cc2)c1.[Br-].[Br-]. The van der Waals surface area contributed by atoms with Crippen LogP contribution in [0.1, 0.15) is 5.56 Å². The molecule has 0 aliphatic carbocycles. The fraction of sp³-hybridized carbons (Fsp3) is 0.267. The third-order valence-corrected chi connectivity index (χ3v) is 2.75. The molecule has 6 heteroatoms. The number of aliphatic hydroxyl groups is 1. The molecule has 1 aromatic carbocycles. The third kappa shape index (κ3) is 6.93. The molecule has 1 heterocycles. The van der Waals surface area contributed by atoms with Gasteiger partial charge >= 0.3 is 0 Å². The van der Waals surface area contributed by atoms with Crippen LogP contribution in [-0.2, 0) is 6.54 Å². The minimum atomic E-state index is -0.552. The molecule has 0 aliphatic rings. The van der Waals surface area contributed by atoms with Crippen LogP contribution in [0.3, 0.4) is 0 Å². The van der Waals surface area contributed by atoms with E-state index in [2.05, 4.69) is 0 Å². The van der Waals surface area contributed by atoms with Crippen LogP contribution in [0.5, 0.6) is 5.75 Å². The molecule has 2 aromatic rings. The fourth-order valence-electron chi connectivity index (χ4n) is 1.82. The van der Waals surface area contributed by atoms with Gasteiger partial charge in [-0.05, 0) is 37.3 Å². The van der Waals surface area contributed by atoms with Crippen molar-refractivity contribution in [2.75, 3.05) is 12.3 Å². The number of rotatable bonds is 5.